The SMILES string of the molecule is CCl.Cl.O=C1c2ccccc2C(=O)N1CC(Br)=C1CCN(Cc2ccccc2)CC1.O=C1c2ccccc2C(=O)N1CC(Br)=C1CCNCC1. The number of piperidine rings is 2. The average molecular weight is 847 g/mol. The van der Waals surface area contributed by atoms with Crippen LogP contribution in [-0.4, -0.2) is 84.0 Å². The largest absolute Gasteiger partial charge is 0.316 e. The second kappa shape index (κ2) is 18.9. The lowest BCUT2D eigenvalue weighted by atomic mass is 10.0. The quantitative estimate of drug-likeness (QED) is 0.201. The van der Waals surface area contributed by atoms with Crippen LogP contribution in [0.15, 0.2) is 99.0 Å². The summed E-state index contributed by atoms with van der Waals surface area (Å²) >= 11 is 11.8. The van der Waals surface area contributed by atoms with Crippen LogP contribution in [0.3, 0.4) is 0 Å². The number of carbonyl (C=O) groups excluding carboxylic acids is 4. The molecular formula is C38H40Br2Cl2N4O4. The standard InChI is InChI=1S/C22H21BrN2O2.C15H15BrN2O2.CH3Cl.ClH/c23-20(15-25-21(26)18-8-4-5-9-19(18)22(25)27)17-10-12-24(13-11-17)14-16-6-2-1-3-7-16;16-13(10-5-7-17-8-6-10)9-18-14(19)11-3-1-2-4-12(11)15(18)20;1-2;/h1-9H,10-15H2;1-4,17H,5-9H2;1H3;1H. The molecule has 7 rings (SSSR count). The van der Waals surface area contributed by atoms with Gasteiger partial charge in [-0.2, -0.15) is 0 Å². The Balaban J connectivity index is 0.000000218. The minimum Gasteiger partial charge on any atom is -0.316 e. The summed E-state index contributed by atoms with van der Waals surface area (Å²) in [5, 5.41) is 3.29. The number of likely N-dealkylation sites (tertiary alicyclic amines) is 1. The highest BCUT2D eigenvalue weighted by Crippen LogP contribution is 2.30. The molecule has 4 amide bonds. The molecule has 0 bridgehead atoms. The van der Waals surface area contributed by atoms with E-state index in [-0.39, 0.29) is 36.0 Å². The van der Waals surface area contributed by atoms with Gasteiger partial charge in [-0.1, -0.05) is 97.6 Å². The van der Waals surface area contributed by atoms with Crippen LogP contribution in [0.4, 0.5) is 0 Å². The van der Waals surface area contributed by atoms with E-state index in [1.807, 2.05) is 6.07 Å². The predicted molar refractivity (Wildman–Crippen MR) is 208 cm³/mol. The first-order valence-electron chi connectivity index (χ1n) is 16.3. The highest BCUT2D eigenvalue weighted by molar-refractivity contribution is 9.12. The van der Waals surface area contributed by atoms with Crippen LogP contribution in [0.25, 0.3) is 0 Å². The van der Waals surface area contributed by atoms with E-state index < -0.39 is 0 Å². The van der Waals surface area contributed by atoms with Gasteiger partial charge in [0.2, 0.25) is 0 Å². The van der Waals surface area contributed by atoms with E-state index in [1.54, 1.807) is 48.5 Å². The van der Waals surface area contributed by atoms with Gasteiger partial charge in [-0.3, -0.25) is 33.9 Å². The summed E-state index contributed by atoms with van der Waals surface area (Å²) in [6.45, 7) is 5.49. The Bertz CT molecular complexity index is 1700. The van der Waals surface area contributed by atoms with Crippen LogP contribution in [0.5, 0.6) is 0 Å². The van der Waals surface area contributed by atoms with E-state index >= 15 is 0 Å². The lowest BCUT2D eigenvalue weighted by Crippen LogP contribution is -2.33. The minimum atomic E-state index is -0.199. The molecule has 12 heteroatoms. The van der Waals surface area contributed by atoms with Gasteiger partial charge in [0.15, 0.2) is 0 Å². The molecule has 0 aromatic heterocycles. The van der Waals surface area contributed by atoms with E-state index in [4.69, 9.17) is 0 Å². The lowest BCUT2D eigenvalue weighted by molar-refractivity contribution is 0.0655. The number of amides is 4. The summed E-state index contributed by atoms with van der Waals surface area (Å²) in [7, 11) is 0. The predicted octanol–water partition coefficient (Wildman–Crippen LogP) is 7.82. The van der Waals surface area contributed by atoms with Crippen LogP contribution in [0.1, 0.15) is 72.7 Å². The van der Waals surface area contributed by atoms with Crippen molar-refractivity contribution in [3.63, 3.8) is 0 Å². The molecule has 1 N–H and O–H groups in total. The fraction of sp³-hybridized carbons (Fsp3) is 0.316. The maximum atomic E-state index is 12.5. The first kappa shape index (κ1) is 39.7. The number of hydrogen-bond donors (Lipinski definition) is 1. The van der Waals surface area contributed by atoms with E-state index in [0.29, 0.717) is 35.3 Å². The van der Waals surface area contributed by atoms with Crippen LogP contribution < -0.4 is 5.32 Å². The Kier molecular flexibility index (Phi) is 15.0. The zero-order valence-corrected chi connectivity index (χ0v) is 32.5. The Morgan fingerprint density at radius 2 is 0.960 bits per heavy atom. The van der Waals surface area contributed by atoms with E-state index in [9.17, 15) is 19.2 Å². The van der Waals surface area contributed by atoms with Gasteiger partial charge in [-0.25, -0.2) is 0 Å². The third kappa shape index (κ3) is 9.21. The summed E-state index contributed by atoms with van der Waals surface area (Å²) in [6, 6.07) is 24.5. The minimum absolute atomic E-state index is 0. The first-order valence-corrected chi connectivity index (χ1v) is 18.6. The molecule has 264 valence electrons. The van der Waals surface area contributed by atoms with E-state index in [1.165, 1.54) is 32.9 Å². The van der Waals surface area contributed by atoms with Crippen molar-refractivity contribution < 1.29 is 19.2 Å². The Morgan fingerprint density at radius 1 is 0.600 bits per heavy atom. The van der Waals surface area contributed by atoms with Crippen molar-refractivity contribution in [3.8, 4) is 0 Å². The second-order valence-corrected chi connectivity index (χ2v) is 13.9. The van der Waals surface area contributed by atoms with Crippen molar-refractivity contribution >= 4 is 79.5 Å². The molecule has 2 saturated heterocycles. The highest BCUT2D eigenvalue weighted by Gasteiger charge is 2.36. The number of hydrogen-bond acceptors (Lipinski definition) is 6. The van der Waals surface area contributed by atoms with Gasteiger partial charge in [0.25, 0.3) is 23.6 Å². The molecule has 0 radical (unpaired) electrons. The van der Waals surface area contributed by atoms with Crippen molar-refractivity contribution in [2.75, 3.05) is 45.7 Å². The molecule has 50 heavy (non-hydrogen) atoms. The summed E-state index contributed by atoms with van der Waals surface area (Å²) in [6.07, 6.45) is 5.31. The molecule has 0 unspecified atom stereocenters. The van der Waals surface area contributed by atoms with Crippen molar-refractivity contribution in [2.24, 2.45) is 0 Å². The van der Waals surface area contributed by atoms with E-state index in [0.717, 1.165) is 67.4 Å². The third-order valence-corrected chi connectivity index (χ3v) is 10.7. The molecule has 0 atom stereocenters. The topological polar surface area (TPSA) is 90.0 Å². The summed E-state index contributed by atoms with van der Waals surface area (Å²) < 4.78 is 1.94. The molecule has 3 aromatic rings. The van der Waals surface area contributed by atoms with Crippen LogP contribution in [0.2, 0.25) is 0 Å². The first-order chi connectivity index (χ1) is 23.8. The number of fused-ring (bicyclic) bond motifs is 2. The summed E-state index contributed by atoms with van der Waals surface area (Å²) in [5.41, 5.74) is 5.95. The van der Waals surface area contributed by atoms with Crippen molar-refractivity contribution in [1.82, 2.24) is 20.0 Å². The Hall–Kier alpha value is -3.12. The number of imide groups is 2. The van der Waals surface area contributed by atoms with Crippen molar-refractivity contribution in [1.29, 1.82) is 0 Å². The molecule has 4 heterocycles. The van der Waals surface area contributed by atoms with Gasteiger partial charge in [-0.05, 0) is 68.6 Å². The zero-order valence-electron chi connectivity index (χ0n) is 27.8. The number of nitrogens with zero attached hydrogens (tertiary/aromatic N) is 3. The molecule has 4 aliphatic rings. The van der Waals surface area contributed by atoms with Crippen LogP contribution >= 0.6 is 55.9 Å². The molecule has 0 saturated carbocycles. The molecule has 2 fully saturated rings. The maximum Gasteiger partial charge on any atom is 0.261 e. The van der Waals surface area contributed by atoms with E-state index in [2.05, 4.69) is 77.9 Å². The highest BCUT2D eigenvalue weighted by atomic mass is 79.9. The number of carbonyl (C=O) groups is 4. The van der Waals surface area contributed by atoms with Gasteiger partial charge >= 0.3 is 0 Å². The summed E-state index contributed by atoms with van der Waals surface area (Å²) in [5.74, 6) is -0.793. The third-order valence-electron chi connectivity index (χ3n) is 9.03. The lowest BCUT2D eigenvalue weighted by Gasteiger charge is -2.29. The molecule has 3 aromatic carbocycles. The number of benzene rings is 3. The number of alkyl halides is 1. The Morgan fingerprint density at radius 3 is 1.36 bits per heavy atom. The monoisotopic (exact) mass is 844 g/mol. The van der Waals surface area contributed by atoms with Crippen molar-refractivity contribution in [3.05, 3.63) is 127 Å². The second-order valence-electron chi connectivity index (χ2n) is 12.0. The molecule has 0 spiro atoms. The normalized spacial score (nSPS) is 16.9. The number of rotatable bonds is 6. The maximum absolute atomic E-state index is 12.5. The fourth-order valence-corrected chi connectivity index (χ4v) is 7.66. The zero-order chi connectivity index (χ0) is 34.9. The van der Waals surface area contributed by atoms with Gasteiger partial charge in [-0.15, -0.1) is 24.0 Å². The molecular weight excluding hydrogens is 807 g/mol. The van der Waals surface area contributed by atoms with Gasteiger partial charge < -0.3 is 5.32 Å². The Labute approximate surface area is 321 Å². The van der Waals surface area contributed by atoms with Gasteiger partial charge in [0, 0.05) is 35.0 Å². The average Bonchev–Trinajstić information content (AvgIpc) is 3.54. The summed E-state index contributed by atoms with van der Waals surface area (Å²) in [4.78, 5) is 54.7. The van der Waals surface area contributed by atoms with Crippen LogP contribution in [0, 0.1) is 0 Å². The van der Waals surface area contributed by atoms with Gasteiger partial charge in [0.1, 0.15) is 0 Å². The smallest absolute Gasteiger partial charge is 0.261 e. The van der Waals surface area contributed by atoms with Crippen LogP contribution in [-0.2, 0) is 6.54 Å². The molecule has 8 nitrogen and oxygen atoms in total. The fourth-order valence-electron chi connectivity index (χ4n) is 6.36. The molecule has 0 aliphatic carbocycles. The number of nitrogens with one attached hydrogen (secondary N) is 1. The van der Waals surface area contributed by atoms with Gasteiger partial charge in [0.05, 0.1) is 35.3 Å². The van der Waals surface area contributed by atoms with Crippen molar-refractivity contribution in [2.45, 2.75) is 32.2 Å². The number of halogens is 4. The molecule has 4 aliphatic heterocycles.